The van der Waals surface area contributed by atoms with Crippen molar-refractivity contribution < 1.29 is 32.6 Å². The summed E-state index contributed by atoms with van der Waals surface area (Å²) >= 11 is 0. The molecule has 30 heavy (non-hydrogen) atoms. The molecule has 162 valence electrons. The topological polar surface area (TPSA) is 93.7 Å². The molecule has 7 nitrogen and oxygen atoms in total. The van der Waals surface area contributed by atoms with E-state index in [1.54, 1.807) is 0 Å². The number of hydrogen-bond donors (Lipinski definition) is 2. The summed E-state index contributed by atoms with van der Waals surface area (Å²) in [6.45, 7) is -3.10. The molecule has 0 bridgehead atoms. The lowest BCUT2D eigenvalue weighted by Crippen LogP contribution is -2.41. The molecule has 9 heteroatoms. The van der Waals surface area contributed by atoms with E-state index in [2.05, 4.69) is 21.4 Å². The van der Waals surface area contributed by atoms with Crippen LogP contribution >= 0.6 is 0 Å². The molecule has 1 aromatic carbocycles. The summed E-state index contributed by atoms with van der Waals surface area (Å²) < 4.78 is 33.1. The molecule has 1 aliphatic carbocycles. The Labute approximate surface area is 173 Å². The molecule has 1 aromatic rings. The van der Waals surface area contributed by atoms with Crippen LogP contribution in [0.4, 0.5) is 13.6 Å². The van der Waals surface area contributed by atoms with E-state index in [0.717, 1.165) is 31.8 Å². The van der Waals surface area contributed by atoms with Crippen LogP contribution < -0.4 is 15.4 Å². The lowest BCUT2D eigenvalue weighted by Gasteiger charge is -2.13. The minimum Gasteiger partial charge on any atom is -0.452 e. The van der Waals surface area contributed by atoms with Gasteiger partial charge >= 0.3 is 18.6 Å². The zero-order valence-corrected chi connectivity index (χ0v) is 16.4. The Morgan fingerprint density at radius 2 is 1.90 bits per heavy atom. The van der Waals surface area contributed by atoms with E-state index in [4.69, 9.17) is 4.74 Å². The predicted molar refractivity (Wildman–Crippen MR) is 106 cm³/mol. The van der Waals surface area contributed by atoms with Crippen LogP contribution in [0.2, 0.25) is 0 Å². The summed E-state index contributed by atoms with van der Waals surface area (Å²) in [6, 6.07) is 4.96. The molecule has 0 aromatic heterocycles. The maximum absolute atomic E-state index is 12.1. The number of carbonyl (C=O) groups is 3. The van der Waals surface area contributed by atoms with Gasteiger partial charge in [-0.3, -0.25) is 10.1 Å². The fourth-order valence-electron chi connectivity index (χ4n) is 2.78. The number of alkyl halides is 2. The average molecular weight is 422 g/mol. The highest BCUT2D eigenvalue weighted by Gasteiger charge is 2.10. The Bertz CT molecular complexity index is 791. The number of imide groups is 1. The van der Waals surface area contributed by atoms with Crippen molar-refractivity contribution in [1.29, 1.82) is 0 Å². The Hall–Kier alpha value is -3.23. The first-order chi connectivity index (χ1) is 14.4. The van der Waals surface area contributed by atoms with Gasteiger partial charge in [-0.1, -0.05) is 23.8 Å². The highest BCUT2D eigenvalue weighted by atomic mass is 19.3. The predicted octanol–water partition coefficient (Wildman–Crippen LogP) is 3.56. The van der Waals surface area contributed by atoms with Gasteiger partial charge in [-0.05, 0) is 55.9 Å². The van der Waals surface area contributed by atoms with Crippen LogP contribution in [0, 0.1) is 0 Å². The van der Waals surface area contributed by atoms with E-state index >= 15 is 0 Å². The molecule has 3 amide bonds. The highest BCUT2D eigenvalue weighted by molar-refractivity contribution is 5.96. The van der Waals surface area contributed by atoms with Gasteiger partial charge in [0.2, 0.25) is 0 Å². The molecule has 0 spiro atoms. The van der Waals surface area contributed by atoms with Crippen molar-refractivity contribution in [3.63, 3.8) is 0 Å². The van der Waals surface area contributed by atoms with E-state index in [0.29, 0.717) is 12.1 Å². The molecule has 0 radical (unpaired) electrons. The lowest BCUT2D eigenvalue weighted by atomic mass is 9.97. The first-order valence-corrected chi connectivity index (χ1v) is 9.57. The van der Waals surface area contributed by atoms with Crippen molar-refractivity contribution in [1.82, 2.24) is 10.6 Å². The minimum absolute atomic E-state index is 0.00450. The standard InChI is InChI=1S/C21H24F2N2O5/c22-20(23)30-17-9-6-16(7-10-17)8-11-19(27)29-14-18(26)25-21(28)24-13-12-15-4-2-1-3-5-15/h4,6-11,20H,1-3,5,12-14H2,(H2,24,25,26,28)/b11-8+. The van der Waals surface area contributed by atoms with Crippen molar-refractivity contribution in [3.8, 4) is 5.75 Å². The second kappa shape index (κ2) is 12.4. The first-order valence-electron chi connectivity index (χ1n) is 9.57. The quantitative estimate of drug-likeness (QED) is 0.361. The van der Waals surface area contributed by atoms with Crippen LogP contribution in [-0.2, 0) is 14.3 Å². The first kappa shape index (κ1) is 23.1. The highest BCUT2D eigenvalue weighted by Crippen LogP contribution is 2.19. The van der Waals surface area contributed by atoms with Crippen molar-refractivity contribution in [2.75, 3.05) is 13.2 Å². The van der Waals surface area contributed by atoms with E-state index in [1.807, 2.05) is 0 Å². The minimum atomic E-state index is -2.91. The number of esters is 1. The maximum Gasteiger partial charge on any atom is 0.387 e. The van der Waals surface area contributed by atoms with Crippen LogP contribution in [0.1, 0.15) is 37.7 Å². The number of ether oxygens (including phenoxy) is 2. The number of halogens is 2. The second-order valence-corrected chi connectivity index (χ2v) is 6.55. The van der Waals surface area contributed by atoms with Gasteiger partial charge < -0.3 is 14.8 Å². The zero-order chi connectivity index (χ0) is 21.8. The Kier molecular flexibility index (Phi) is 9.50. The zero-order valence-electron chi connectivity index (χ0n) is 16.4. The van der Waals surface area contributed by atoms with Crippen LogP contribution in [0.3, 0.4) is 0 Å². The SMILES string of the molecule is O=C(COC(=O)/C=C/c1ccc(OC(F)F)cc1)NC(=O)NCCC1=CCCCC1. The number of urea groups is 1. The van der Waals surface area contributed by atoms with Gasteiger partial charge in [0.1, 0.15) is 5.75 Å². The summed E-state index contributed by atoms with van der Waals surface area (Å²) in [7, 11) is 0. The maximum atomic E-state index is 12.1. The summed E-state index contributed by atoms with van der Waals surface area (Å²) in [5, 5.41) is 4.67. The summed E-state index contributed by atoms with van der Waals surface area (Å²) in [4.78, 5) is 35.0. The van der Waals surface area contributed by atoms with E-state index < -0.39 is 31.1 Å². The molecule has 0 saturated carbocycles. The van der Waals surface area contributed by atoms with Gasteiger partial charge in [-0.15, -0.1) is 0 Å². The smallest absolute Gasteiger partial charge is 0.387 e. The van der Waals surface area contributed by atoms with E-state index in [1.165, 1.54) is 42.3 Å². The molecule has 0 unspecified atom stereocenters. The monoisotopic (exact) mass is 422 g/mol. The van der Waals surface area contributed by atoms with E-state index in [9.17, 15) is 23.2 Å². The molecule has 2 rings (SSSR count). The summed E-state index contributed by atoms with van der Waals surface area (Å²) in [5.74, 6) is -1.54. The second-order valence-electron chi connectivity index (χ2n) is 6.55. The van der Waals surface area contributed by atoms with Crippen molar-refractivity contribution >= 4 is 24.0 Å². The Morgan fingerprint density at radius 1 is 1.13 bits per heavy atom. The number of hydrogen-bond acceptors (Lipinski definition) is 5. The van der Waals surface area contributed by atoms with Crippen LogP contribution in [0.5, 0.6) is 5.75 Å². The Balaban J connectivity index is 1.63. The fourth-order valence-corrected chi connectivity index (χ4v) is 2.78. The molecule has 0 aliphatic heterocycles. The number of benzene rings is 1. The number of carbonyl (C=O) groups excluding carboxylic acids is 3. The van der Waals surface area contributed by atoms with Gasteiger partial charge in [-0.25, -0.2) is 9.59 Å². The normalized spacial score (nSPS) is 13.6. The largest absolute Gasteiger partial charge is 0.452 e. The molecular formula is C21H24F2N2O5. The van der Waals surface area contributed by atoms with Crippen LogP contribution in [-0.4, -0.2) is 37.7 Å². The van der Waals surface area contributed by atoms with Gasteiger partial charge in [0.05, 0.1) is 0 Å². The van der Waals surface area contributed by atoms with Crippen molar-refractivity contribution in [2.45, 2.75) is 38.7 Å². The molecule has 1 aliphatic rings. The third-order valence-electron chi connectivity index (χ3n) is 4.23. The Morgan fingerprint density at radius 3 is 2.57 bits per heavy atom. The number of rotatable bonds is 9. The van der Waals surface area contributed by atoms with Crippen LogP contribution in [0.25, 0.3) is 6.08 Å². The third kappa shape index (κ3) is 9.31. The molecular weight excluding hydrogens is 398 g/mol. The van der Waals surface area contributed by atoms with E-state index in [-0.39, 0.29) is 5.75 Å². The molecule has 2 N–H and O–H groups in total. The van der Waals surface area contributed by atoms with Gasteiger partial charge in [-0.2, -0.15) is 8.78 Å². The third-order valence-corrected chi connectivity index (χ3v) is 4.23. The number of amides is 3. The van der Waals surface area contributed by atoms with Gasteiger partial charge in [0.25, 0.3) is 5.91 Å². The lowest BCUT2D eigenvalue weighted by molar-refractivity contribution is -0.143. The molecule has 0 heterocycles. The number of nitrogens with one attached hydrogen (secondary N) is 2. The van der Waals surface area contributed by atoms with Gasteiger partial charge in [0, 0.05) is 12.6 Å². The van der Waals surface area contributed by atoms with Crippen molar-refractivity contribution in [2.24, 2.45) is 0 Å². The van der Waals surface area contributed by atoms with Crippen molar-refractivity contribution in [3.05, 3.63) is 47.6 Å². The average Bonchev–Trinajstić information content (AvgIpc) is 2.72. The van der Waals surface area contributed by atoms with Gasteiger partial charge in [0.15, 0.2) is 6.61 Å². The summed E-state index contributed by atoms with van der Waals surface area (Å²) in [5.41, 5.74) is 1.86. The number of allylic oxidation sites excluding steroid dienone is 1. The molecule has 0 fully saturated rings. The summed E-state index contributed by atoms with van der Waals surface area (Å²) in [6.07, 6.45) is 9.87. The molecule has 0 saturated heterocycles. The van der Waals surface area contributed by atoms with Crippen LogP contribution in [0.15, 0.2) is 42.0 Å². The molecule has 0 atom stereocenters. The fraction of sp³-hybridized carbons (Fsp3) is 0.381.